The van der Waals surface area contributed by atoms with Crippen LogP contribution in [0.2, 0.25) is 0 Å². The highest BCUT2D eigenvalue weighted by molar-refractivity contribution is 5.78. The van der Waals surface area contributed by atoms with Gasteiger partial charge in [0.1, 0.15) is 5.82 Å². The van der Waals surface area contributed by atoms with E-state index in [9.17, 15) is 9.59 Å². The Bertz CT molecular complexity index is 864. The van der Waals surface area contributed by atoms with Gasteiger partial charge in [0, 0.05) is 19.5 Å². The van der Waals surface area contributed by atoms with Gasteiger partial charge >= 0.3 is 0 Å². The number of para-hydroxylation sites is 1. The normalized spacial score (nSPS) is 12.9. The first-order valence-electron chi connectivity index (χ1n) is 10.5. The van der Waals surface area contributed by atoms with Crippen LogP contribution in [-0.2, 0) is 11.3 Å². The van der Waals surface area contributed by atoms with E-state index in [1.54, 1.807) is 4.57 Å². The van der Waals surface area contributed by atoms with Crippen LogP contribution in [0.3, 0.4) is 0 Å². The molecule has 0 fully saturated rings. The molecule has 2 rings (SSSR count). The molecule has 1 aromatic carbocycles. The van der Waals surface area contributed by atoms with Crippen LogP contribution in [-0.4, -0.2) is 26.9 Å². The maximum absolute atomic E-state index is 13.1. The second-order valence-corrected chi connectivity index (χ2v) is 8.74. The molecule has 2 aromatic rings. The molecule has 0 N–H and O–H groups in total. The van der Waals surface area contributed by atoms with Crippen molar-refractivity contribution in [3.63, 3.8) is 0 Å². The molecule has 0 spiro atoms. The van der Waals surface area contributed by atoms with Crippen molar-refractivity contribution in [3.05, 3.63) is 40.4 Å². The molecule has 1 unspecified atom stereocenters. The predicted octanol–water partition coefficient (Wildman–Crippen LogP) is 4.93. The topological polar surface area (TPSA) is 55.2 Å². The minimum atomic E-state index is -0.246. The molecule has 0 aliphatic rings. The van der Waals surface area contributed by atoms with Crippen molar-refractivity contribution in [1.29, 1.82) is 0 Å². The number of hydrogen-bond acceptors (Lipinski definition) is 3. The zero-order chi connectivity index (χ0) is 20.9. The van der Waals surface area contributed by atoms with Crippen molar-refractivity contribution < 1.29 is 4.79 Å². The lowest BCUT2D eigenvalue weighted by Gasteiger charge is -2.32. The van der Waals surface area contributed by atoms with E-state index in [2.05, 4.69) is 27.7 Å². The van der Waals surface area contributed by atoms with E-state index >= 15 is 0 Å². The molecular weight excluding hydrogens is 350 g/mol. The molecular formula is C23H35N3O2. The summed E-state index contributed by atoms with van der Waals surface area (Å²) in [6.07, 6.45) is 3.62. The van der Waals surface area contributed by atoms with Gasteiger partial charge in [-0.3, -0.25) is 14.2 Å². The third-order valence-corrected chi connectivity index (χ3v) is 5.05. The number of aromatic nitrogens is 2. The smallest absolute Gasteiger partial charge is 0.261 e. The van der Waals surface area contributed by atoms with Gasteiger partial charge < -0.3 is 4.90 Å². The lowest BCUT2D eigenvalue weighted by molar-refractivity contribution is -0.135. The highest BCUT2D eigenvalue weighted by atomic mass is 16.2. The Morgan fingerprint density at radius 3 is 2.46 bits per heavy atom. The van der Waals surface area contributed by atoms with Gasteiger partial charge in [-0.25, -0.2) is 4.98 Å². The standard InChI is InChI=1S/C23H35N3O2/c1-7-9-12-15-26(20(27)16-23(4,5)6)17(3)21-24-19-14-11-10-13-18(19)22(28)25(21)8-2/h10-11,13-14,17H,7-9,12,15-16H2,1-6H3. The molecule has 5 heteroatoms. The number of nitrogens with zero attached hydrogens (tertiary/aromatic N) is 3. The van der Waals surface area contributed by atoms with Crippen LogP contribution in [0.15, 0.2) is 29.1 Å². The molecule has 0 saturated carbocycles. The summed E-state index contributed by atoms with van der Waals surface area (Å²) < 4.78 is 1.71. The van der Waals surface area contributed by atoms with Gasteiger partial charge in [0.15, 0.2) is 0 Å². The lowest BCUT2D eigenvalue weighted by atomic mass is 9.91. The largest absolute Gasteiger partial charge is 0.333 e. The molecule has 28 heavy (non-hydrogen) atoms. The summed E-state index contributed by atoms with van der Waals surface area (Å²) >= 11 is 0. The summed E-state index contributed by atoms with van der Waals surface area (Å²) in [5, 5.41) is 0.624. The van der Waals surface area contributed by atoms with E-state index in [-0.39, 0.29) is 22.9 Å². The molecule has 0 aliphatic carbocycles. The van der Waals surface area contributed by atoms with Gasteiger partial charge in [0.05, 0.1) is 16.9 Å². The molecule has 1 atom stereocenters. The van der Waals surface area contributed by atoms with Gasteiger partial charge in [-0.05, 0) is 37.8 Å². The highest BCUT2D eigenvalue weighted by Crippen LogP contribution is 2.26. The number of rotatable bonds is 8. The molecule has 154 valence electrons. The van der Waals surface area contributed by atoms with Crippen LogP contribution in [0.25, 0.3) is 10.9 Å². The van der Waals surface area contributed by atoms with Crippen LogP contribution < -0.4 is 5.56 Å². The van der Waals surface area contributed by atoms with Gasteiger partial charge in [0.2, 0.25) is 5.91 Å². The summed E-state index contributed by atoms with van der Waals surface area (Å²) in [5.41, 5.74) is 0.573. The third-order valence-electron chi connectivity index (χ3n) is 5.05. The maximum Gasteiger partial charge on any atom is 0.261 e. The van der Waals surface area contributed by atoms with Crippen molar-refractivity contribution >= 4 is 16.8 Å². The van der Waals surface area contributed by atoms with E-state index in [4.69, 9.17) is 4.98 Å². The predicted molar refractivity (Wildman–Crippen MR) is 115 cm³/mol. The number of amides is 1. The Labute approximate surface area is 168 Å². The highest BCUT2D eigenvalue weighted by Gasteiger charge is 2.28. The molecule has 1 amide bonds. The quantitative estimate of drug-likeness (QED) is 0.605. The number of carbonyl (C=O) groups is 1. The first kappa shape index (κ1) is 22.1. The molecule has 5 nitrogen and oxygen atoms in total. The summed E-state index contributed by atoms with van der Waals surface area (Å²) in [7, 11) is 0. The zero-order valence-corrected chi connectivity index (χ0v) is 18.3. The SMILES string of the molecule is CCCCCN(C(=O)CC(C)(C)C)C(C)c1nc2ccccc2c(=O)n1CC. The van der Waals surface area contributed by atoms with Gasteiger partial charge in [0.25, 0.3) is 5.56 Å². The summed E-state index contributed by atoms with van der Waals surface area (Å²) in [6, 6.07) is 7.19. The monoisotopic (exact) mass is 385 g/mol. The lowest BCUT2D eigenvalue weighted by Crippen LogP contribution is -2.39. The van der Waals surface area contributed by atoms with Crippen LogP contribution in [0, 0.1) is 5.41 Å². The van der Waals surface area contributed by atoms with E-state index in [1.807, 2.05) is 43.0 Å². The summed E-state index contributed by atoms with van der Waals surface area (Å²) in [5.74, 6) is 0.797. The molecule has 0 saturated heterocycles. The second-order valence-electron chi connectivity index (χ2n) is 8.74. The molecule has 0 radical (unpaired) electrons. The number of unbranched alkanes of at least 4 members (excludes halogenated alkanes) is 2. The third kappa shape index (κ3) is 5.21. The van der Waals surface area contributed by atoms with Crippen LogP contribution in [0.4, 0.5) is 0 Å². The molecule has 1 aromatic heterocycles. The number of carbonyl (C=O) groups excluding carboxylic acids is 1. The van der Waals surface area contributed by atoms with Crippen LogP contribution in [0.5, 0.6) is 0 Å². The Hall–Kier alpha value is -2.17. The van der Waals surface area contributed by atoms with Crippen LogP contribution >= 0.6 is 0 Å². The minimum absolute atomic E-state index is 0.0354. The molecule has 0 aliphatic heterocycles. The fraction of sp³-hybridized carbons (Fsp3) is 0.609. The first-order chi connectivity index (χ1) is 13.2. The number of benzene rings is 1. The molecule has 1 heterocycles. The van der Waals surface area contributed by atoms with E-state index in [1.165, 1.54) is 0 Å². The van der Waals surface area contributed by atoms with Crippen molar-refractivity contribution in [1.82, 2.24) is 14.5 Å². The van der Waals surface area contributed by atoms with Crippen molar-refractivity contribution in [2.24, 2.45) is 5.41 Å². The maximum atomic E-state index is 13.1. The summed E-state index contributed by atoms with van der Waals surface area (Å²) in [6.45, 7) is 13.6. The molecule has 0 bridgehead atoms. The average molecular weight is 386 g/mol. The summed E-state index contributed by atoms with van der Waals surface area (Å²) in [4.78, 5) is 32.8. The van der Waals surface area contributed by atoms with Crippen molar-refractivity contribution in [2.75, 3.05) is 6.54 Å². The van der Waals surface area contributed by atoms with E-state index < -0.39 is 0 Å². The first-order valence-corrected chi connectivity index (χ1v) is 10.5. The van der Waals surface area contributed by atoms with Crippen molar-refractivity contribution in [3.8, 4) is 0 Å². The number of fused-ring (bicyclic) bond motifs is 1. The Kier molecular flexibility index (Phi) is 7.39. The average Bonchev–Trinajstić information content (AvgIpc) is 2.63. The Morgan fingerprint density at radius 1 is 1.18 bits per heavy atom. The number of hydrogen-bond donors (Lipinski definition) is 0. The van der Waals surface area contributed by atoms with E-state index in [0.29, 0.717) is 36.2 Å². The Morgan fingerprint density at radius 2 is 1.86 bits per heavy atom. The van der Waals surface area contributed by atoms with Crippen LogP contribution in [0.1, 0.15) is 79.1 Å². The fourth-order valence-corrected chi connectivity index (χ4v) is 3.57. The Balaban J connectivity index is 2.48. The zero-order valence-electron chi connectivity index (χ0n) is 18.3. The second kappa shape index (κ2) is 9.35. The van der Waals surface area contributed by atoms with E-state index in [0.717, 1.165) is 19.3 Å². The van der Waals surface area contributed by atoms with Crippen molar-refractivity contribution in [2.45, 2.75) is 79.8 Å². The van der Waals surface area contributed by atoms with Gasteiger partial charge in [-0.1, -0.05) is 52.7 Å². The fourth-order valence-electron chi connectivity index (χ4n) is 3.57. The van der Waals surface area contributed by atoms with Gasteiger partial charge in [-0.15, -0.1) is 0 Å². The van der Waals surface area contributed by atoms with Gasteiger partial charge in [-0.2, -0.15) is 0 Å². The minimum Gasteiger partial charge on any atom is -0.333 e.